The minimum atomic E-state index is 0.166. The highest BCUT2D eigenvalue weighted by molar-refractivity contribution is 5.41. The second-order valence-corrected chi connectivity index (χ2v) is 4.38. The Morgan fingerprint density at radius 3 is 2.50 bits per heavy atom. The molecule has 0 unspecified atom stereocenters. The minimum absolute atomic E-state index is 0.166. The first-order valence-electron chi connectivity index (χ1n) is 5.02. The Kier molecular flexibility index (Phi) is 2.96. The molecule has 0 saturated carbocycles. The van der Waals surface area contributed by atoms with E-state index < -0.39 is 0 Å². The van der Waals surface area contributed by atoms with E-state index in [4.69, 9.17) is 5.26 Å². The molecule has 0 aliphatic rings. The molecule has 14 heavy (non-hydrogen) atoms. The smallest absolute Gasteiger partial charge is 0.0994 e. The molecule has 0 aliphatic carbocycles. The van der Waals surface area contributed by atoms with Gasteiger partial charge in [-0.05, 0) is 36.0 Å². The summed E-state index contributed by atoms with van der Waals surface area (Å²) >= 11 is 0. The summed E-state index contributed by atoms with van der Waals surface area (Å²) in [4.78, 5) is 0. The molecule has 0 bridgehead atoms. The Hall–Kier alpha value is -1.29. The molecule has 1 nitrogen and oxygen atoms in total. The summed E-state index contributed by atoms with van der Waals surface area (Å²) in [5.41, 5.74) is 3.27. The largest absolute Gasteiger partial charge is 0.192 e. The van der Waals surface area contributed by atoms with Crippen molar-refractivity contribution in [3.05, 3.63) is 34.9 Å². The molecule has 0 N–H and O–H groups in total. The molecule has 74 valence electrons. The van der Waals surface area contributed by atoms with Crippen LogP contribution in [0.5, 0.6) is 0 Å². The van der Waals surface area contributed by atoms with Crippen molar-refractivity contribution in [1.82, 2.24) is 0 Å². The molecular weight excluding hydrogens is 170 g/mol. The normalized spacial score (nSPS) is 11.1. The van der Waals surface area contributed by atoms with Crippen molar-refractivity contribution in [2.45, 2.75) is 39.5 Å². The lowest BCUT2D eigenvalue weighted by atomic mass is 9.81. The Bertz CT molecular complexity index is 369. The second kappa shape index (κ2) is 3.84. The van der Waals surface area contributed by atoms with Gasteiger partial charge in [0, 0.05) is 0 Å². The first-order chi connectivity index (χ1) is 6.51. The fraction of sp³-hybridized carbons (Fsp3) is 0.462. The molecule has 0 aromatic heterocycles. The molecule has 1 aromatic rings. The summed E-state index contributed by atoms with van der Waals surface area (Å²) in [6, 6.07) is 8.40. The van der Waals surface area contributed by atoms with Crippen molar-refractivity contribution < 1.29 is 0 Å². The lowest BCUT2D eigenvalue weighted by Gasteiger charge is -2.23. The van der Waals surface area contributed by atoms with Crippen molar-refractivity contribution >= 4 is 0 Å². The van der Waals surface area contributed by atoms with Gasteiger partial charge in [0.1, 0.15) is 0 Å². The predicted molar refractivity (Wildman–Crippen MR) is 59.2 cm³/mol. The van der Waals surface area contributed by atoms with Gasteiger partial charge < -0.3 is 0 Å². The van der Waals surface area contributed by atoms with E-state index in [0.29, 0.717) is 0 Å². The van der Waals surface area contributed by atoms with Crippen LogP contribution in [0.25, 0.3) is 0 Å². The molecule has 1 aromatic carbocycles. The summed E-state index contributed by atoms with van der Waals surface area (Å²) in [6.07, 6.45) is 1.08. The predicted octanol–water partition coefficient (Wildman–Crippen LogP) is 3.55. The zero-order valence-corrected chi connectivity index (χ0v) is 9.39. The van der Waals surface area contributed by atoms with E-state index in [2.05, 4.69) is 32.9 Å². The van der Waals surface area contributed by atoms with Gasteiger partial charge in [-0.3, -0.25) is 0 Å². The van der Waals surface area contributed by atoms with Crippen molar-refractivity contribution in [3.63, 3.8) is 0 Å². The van der Waals surface area contributed by atoms with Crippen LogP contribution < -0.4 is 0 Å². The van der Waals surface area contributed by atoms with Crippen LogP contribution in [0.15, 0.2) is 18.2 Å². The number of hydrogen-bond acceptors (Lipinski definition) is 1. The highest BCUT2D eigenvalue weighted by atomic mass is 14.3. The molecule has 0 heterocycles. The lowest BCUT2D eigenvalue weighted by molar-refractivity contribution is 0.506. The van der Waals surface area contributed by atoms with Gasteiger partial charge in [-0.25, -0.2) is 0 Å². The highest BCUT2D eigenvalue weighted by Gasteiger charge is 2.18. The number of aryl methyl sites for hydroxylation is 1. The van der Waals surface area contributed by atoms with Crippen molar-refractivity contribution in [3.8, 4) is 6.07 Å². The van der Waals surface area contributed by atoms with Gasteiger partial charge >= 0.3 is 0 Å². The van der Waals surface area contributed by atoms with Crippen LogP contribution in [0.2, 0.25) is 0 Å². The van der Waals surface area contributed by atoms with Crippen LogP contribution in [0.3, 0.4) is 0 Å². The van der Waals surface area contributed by atoms with Crippen LogP contribution in [0, 0.1) is 18.3 Å². The first-order valence-corrected chi connectivity index (χ1v) is 5.02. The van der Waals surface area contributed by atoms with Crippen LogP contribution in [0.4, 0.5) is 0 Å². The fourth-order valence-electron chi connectivity index (χ4n) is 1.37. The summed E-state index contributed by atoms with van der Waals surface area (Å²) in [7, 11) is 0. The standard InChI is InChI=1S/C13H17N/c1-5-13(3,4)12-7-6-10(2)11(8-12)9-14/h6-8H,5H2,1-4H3. The molecule has 0 atom stereocenters. The van der Waals surface area contributed by atoms with E-state index in [9.17, 15) is 0 Å². The molecule has 0 spiro atoms. The van der Waals surface area contributed by atoms with Crippen LogP contribution in [-0.2, 0) is 5.41 Å². The van der Waals surface area contributed by atoms with Crippen molar-refractivity contribution in [1.29, 1.82) is 5.26 Å². The van der Waals surface area contributed by atoms with Crippen LogP contribution >= 0.6 is 0 Å². The summed E-state index contributed by atoms with van der Waals surface area (Å²) in [5.74, 6) is 0. The quantitative estimate of drug-likeness (QED) is 0.694. The molecular formula is C13H17N. The third-order valence-electron chi connectivity index (χ3n) is 3.02. The maximum Gasteiger partial charge on any atom is 0.0994 e. The Morgan fingerprint density at radius 2 is 2.00 bits per heavy atom. The topological polar surface area (TPSA) is 23.8 Å². The van der Waals surface area contributed by atoms with Gasteiger partial charge in [0.05, 0.1) is 11.6 Å². The van der Waals surface area contributed by atoms with Crippen LogP contribution in [0.1, 0.15) is 43.9 Å². The van der Waals surface area contributed by atoms with Gasteiger partial charge in [0.2, 0.25) is 0 Å². The van der Waals surface area contributed by atoms with Gasteiger partial charge in [-0.15, -0.1) is 0 Å². The number of nitriles is 1. The van der Waals surface area contributed by atoms with Gasteiger partial charge in [0.15, 0.2) is 0 Å². The zero-order valence-electron chi connectivity index (χ0n) is 9.39. The Morgan fingerprint density at radius 1 is 1.36 bits per heavy atom. The fourth-order valence-corrected chi connectivity index (χ4v) is 1.37. The molecule has 0 aliphatic heterocycles. The summed E-state index contributed by atoms with van der Waals surface area (Å²) in [6.45, 7) is 8.56. The Balaban J connectivity index is 3.21. The molecule has 0 saturated heterocycles. The van der Waals surface area contributed by atoms with Crippen molar-refractivity contribution in [2.75, 3.05) is 0 Å². The number of nitrogens with zero attached hydrogens (tertiary/aromatic N) is 1. The van der Waals surface area contributed by atoms with Gasteiger partial charge in [-0.1, -0.05) is 32.9 Å². The molecule has 0 amide bonds. The first kappa shape index (κ1) is 10.8. The Labute approximate surface area is 86.4 Å². The SMILES string of the molecule is CCC(C)(C)c1ccc(C)c(C#N)c1. The summed E-state index contributed by atoms with van der Waals surface area (Å²) in [5, 5.41) is 8.93. The molecule has 1 heteroatoms. The number of rotatable bonds is 2. The number of benzene rings is 1. The maximum atomic E-state index is 8.93. The van der Waals surface area contributed by atoms with E-state index >= 15 is 0 Å². The van der Waals surface area contributed by atoms with Crippen molar-refractivity contribution in [2.24, 2.45) is 0 Å². The van der Waals surface area contributed by atoms with E-state index in [-0.39, 0.29) is 5.41 Å². The van der Waals surface area contributed by atoms with Gasteiger partial charge in [-0.2, -0.15) is 5.26 Å². The third kappa shape index (κ3) is 1.96. The lowest BCUT2D eigenvalue weighted by Crippen LogP contribution is -2.15. The highest BCUT2D eigenvalue weighted by Crippen LogP contribution is 2.27. The number of hydrogen-bond donors (Lipinski definition) is 0. The third-order valence-corrected chi connectivity index (χ3v) is 3.02. The minimum Gasteiger partial charge on any atom is -0.192 e. The molecule has 0 fully saturated rings. The van der Waals surface area contributed by atoms with E-state index in [0.717, 1.165) is 17.5 Å². The zero-order chi connectivity index (χ0) is 10.8. The molecule has 0 radical (unpaired) electrons. The van der Waals surface area contributed by atoms with E-state index in [1.54, 1.807) is 0 Å². The maximum absolute atomic E-state index is 8.93. The molecule has 1 rings (SSSR count). The van der Waals surface area contributed by atoms with Crippen LogP contribution in [-0.4, -0.2) is 0 Å². The monoisotopic (exact) mass is 187 g/mol. The summed E-state index contributed by atoms with van der Waals surface area (Å²) < 4.78 is 0. The van der Waals surface area contributed by atoms with E-state index in [1.807, 2.05) is 19.1 Å². The average molecular weight is 187 g/mol. The second-order valence-electron chi connectivity index (χ2n) is 4.38. The van der Waals surface area contributed by atoms with Gasteiger partial charge in [0.25, 0.3) is 0 Å². The van der Waals surface area contributed by atoms with E-state index in [1.165, 1.54) is 5.56 Å². The average Bonchev–Trinajstić information content (AvgIpc) is 2.18.